The fourth-order valence-electron chi connectivity index (χ4n) is 2.30. The predicted molar refractivity (Wildman–Crippen MR) is 98.9 cm³/mol. The third kappa shape index (κ3) is 3.18. The molecular formula is C17H16N2O3S2. The number of fused-ring (bicyclic) bond motifs is 1. The first-order valence-electron chi connectivity index (χ1n) is 7.13. The van der Waals surface area contributed by atoms with Gasteiger partial charge in [0.05, 0.1) is 30.0 Å². The first kappa shape index (κ1) is 16.6. The number of amides is 1. The second-order valence-corrected chi connectivity index (χ2v) is 6.73. The van der Waals surface area contributed by atoms with Crippen LogP contribution in [0.25, 0.3) is 10.2 Å². The summed E-state index contributed by atoms with van der Waals surface area (Å²) in [6.07, 6.45) is 2.01. The maximum absolute atomic E-state index is 12.6. The van der Waals surface area contributed by atoms with Crippen molar-refractivity contribution in [1.29, 1.82) is 0 Å². The van der Waals surface area contributed by atoms with Gasteiger partial charge in [0.25, 0.3) is 5.91 Å². The maximum atomic E-state index is 12.6. The maximum Gasteiger partial charge on any atom is 0.261 e. The van der Waals surface area contributed by atoms with Gasteiger partial charge in [0.2, 0.25) is 0 Å². The minimum atomic E-state index is -0.282. The number of thioether (sulfide) groups is 1. The lowest BCUT2D eigenvalue weighted by Crippen LogP contribution is -2.13. The van der Waals surface area contributed by atoms with Gasteiger partial charge in [0.15, 0.2) is 5.13 Å². The Morgan fingerprint density at radius 1 is 1.21 bits per heavy atom. The predicted octanol–water partition coefficient (Wildman–Crippen LogP) is 4.29. The van der Waals surface area contributed by atoms with E-state index in [0.29, 0.717) is 22.2 Å². The number of aromatic nitrogens is 1. The van der Waals surface area contributed by atoms with Crippen molar-refractivity contribution in [2.45, 2.75) is 4.90 Å². The van der Waals surface area contributed by atoms with Crippen LogP contribution in [0.15, 0.2) is 41.3 Å². The lowest BCUT2D eigenvalue weighted by atomic mass is 10.2. The van der Waals surface area contributed by atoms with Crippen LogP contribution in [0.1, 0.15) is 10.4 Å². The highest BCUT2D eigenvalue weighted by atomic mass is 32.2. The van der Waals surface area contributed by atoms with E-state index in [-0.39, 0.29) is 5.91 Å². The zero-order chi connectivity index (χ0) is 17.1. The molecule has 0 saturated heterocycles. The van der Waals surface area contributed by atoms with Crippen LogP contribution in [-0.4, -0.2) is 31.4 Å². The average molecular weight is 360 g/mol. The molecular weight excluding hydrogens is 344 g/mol. The summed E-state index contributed by atoms with van der Waals surface area (Å²) in [6.45, 7) is 0. The molecule has 5 nitrogen and oxygen atoms in total. The summed E-state index contributed by atoms with van der Waals surface area (Å²) in [7, 11) is 3.09. The van der Waals surface area contributed by atoms with E-state index in [0.717, 1.165) is 15.1 Å². The molecule has 0 spiro atoms. The standard InChI is InChI=1S/C17H16N2O3S2/c1-21-10-7-8-12(22-2)11(9-10)16(20)19-17-18-15-13(23-3)5-4-6-14(15)24-17/h4-9H,1-3H3,(H,18,19,20). The van der Waals surface area contributed by atoms with Crippen LogP contribution in [0.2, 0.25) is 0 Å². The number of nitrogens with zero attached hydrogens (tertiary/aromatic N) is 1. The van der Waals surface area contributed by atoms with Crippen LogP contribution in [0.4, 0.5) is 5.13 Å². The van der Waals surface area contributed by atoms with Crippen molar-refractivity contribution in [3.63, 3.8) is 0 Å². The molecule has 0 aliphatic rings. The molecule has 3 rings (SSSR count). The number of anilines is 1. The molecule has 0 unspecified atom stereocenters. The van der Waals surface area contributed by atoms with Crippen molar-refractivity contribution in [2.75, 3.05) is 25.8 Å². The van der Waals surface area contributed by atoms with E-state index in [2.05, 4.69) is 10.3 Å². The van der Waals surface area contributed by atoms with E-state index >= 15 is 0 Å². The number of ether oxygens (including phenoxy) is 2. The van der Waals surface area contributed by atoms with Gasteiger partial charge in [-0.15, -0.1) is 11.8 Å². The molecule has 1 N–H and O–H groups in total. The van der Waals surface area contributed by atoms with Gasteiger partial charge in [-0.2, -0.15) is 0 Å². The Morgan fingerprint density at radius 2 is 2.04 bits per heavy atom. The number of para-hydroxylation sites is 1. The third-order valence-electron chi connectivity index (χ3n) is 3.47. The summed E-state index contributed by atoms with van der Waals surface area (Å²) in [4.78, 5) is 18.2. The highest BCUT2D eigenvalue weighted by Gasteiger charge is 2.16. The minimum absolute atomic E-state index is 0.282. The van der Waals surface area contributed by atoms with Gasteiger partial charge < -0.3 is 9.47 Å². The third-order valence-corrected chi connectivity index (χ3v) is 5.18. The van der Waals surface area contributed by atoms with Crippen LogP contribution in [0.3, 0.4) is 0 Å². The molecule has 1 amide bonds. The molecule has 0 aliphatic carbocycles. The Bertz CT molecular complexity index is 893. The van der Waals surface area contributed by atoms with Gasteiger partial charge in [-0.05, 0) is 36.6 Å². The van der Waals surface area contributed by atoms with E-state index in [1.54, 1.807) is 37.1 Å². The summed E-state index contributed by atoms with van der Waals surface area (Å²) < 4.78 is 11.5. The first-order chi connectivity index (χ1) is 11.7. The Labute approximate surface area is 148 Å². The molecule has 0 atom stereocenters. The molecule has 1 aromatic heterocycles. The van der Waals surface area contributed by atoms with E-state index < -0.39 is 0 Å². The Kier molecular flexibility index (Phi) is 4.92. The van der Waals surface area contributed by atoms with Crippen LogP contribution >= 0.6 is 23.1 Å². The molecule has 0 aliphatic heterocycles. The van der Waals surface area contributed by atoms with Crippen molar-refractivity contribution in [3.05, 3.63) is 42.0 Å². The molecule has 3 aromatic rings. The molecule has 124 valence electrons. The molecule has 0 radical (unpaired) electrons. The molecule has 24 heavy (non-hydrogen) atoms. The smallest absolute Gasteiger partial charge is 0.261 e. The first-order valence-corrected chi connectivity index (χ1v) is 9.17. The van der Waals surface area contributed by atoms with Crippen LogP contribution in [0.5, 0.6) is 11.5 Å². The summed E-state index contributed by atoms with van der Waals surface area (Å²) >= 11 is 3.08. The number of hydrogen-bond donors (Lipinski definition) is 1. The van der Waals surface area contributed by atoms with Gasteiger partial charge in [-0.25, -0.2) is 4.98 Å². The monoisotopic (exact) mass is 360 g/mol. The second-order valence-electron chi connectivity index (χ2n) is 4.85. The van der Waals surface area contributed by atoms with Crippen molar-refractivity contribution in [1.82, 2.24) is 4.98 Å². The zero-order valence-corrected chi connectivity index (χ0v) is 15.1. The topological polar surface area (TPSA) is 60.5 Å². The number of hydrogen-bond acceptors (Lipinski definition) is 6. The van der Waals surface area contributed by atoms with Gasteiger partial charge in [0.1, 0.15) is 11.5 Å². The molecule has 1 heterocycles. The summed E-state index contributed by atoms with van der Waals surface area (Å²) in [6, 6.07) is 11.1. The van der Waals surface area contributed by atoms with Gasteiger partial charge in [-0.1, -0.05) is 17.4 Å². The highest BCUT2D eigenvalue weighted by molar-refractivity contribution is 7.98. The van der Waals surface area contributed by atoms with E-state index in [9.17, 15) is 4.79 Å². The summed E-state index contributed by atoms with van der Waals surface area (Å²) in [5, 5.41) is 3.41. The number of carbonyl (C=O) groups excluding carboxylic acids is 1. The number of thiazole rings is 1. The highest BCUT2D eigenvalue weighted by Crippen LogP contribution is 2.33. The lowest BCUT2D eigenvalue weighted by Gasteiger charge is -2.09. The number of nitrogens with one attached hydrogen (secondary N) is 1. The molecule has 7 heteroatoms. The summed E-state index contributed by atoms with van der Waals surface area (Å²) in [5.74, 6) is 0.796. The van der Waals surface area contributed by atoms with E-state index in [4.69, 9.17) is 9.47 Å². The van der Waals surface area contributed by atoms with Gasteiger partial charge in [0, 0.05) is 4.90 Å². The Morgan fingerprint density at radius 3 is 2.75 bits per heavy atom. The lowest BCUT2D eigenvalue weighted by molar-refractivity contribution is 0.102. The largest absolute Gasteiger partial charge is 0.497 e. The molecule has 0 fully saturated rings. The number of benzene rings is 2. The Balaban J connectivity index is 1.92. The van der Waals surface area contributed by atoms with Gasteiger partial charge in [-0.3, -0.25) is 10.1 Å². The fourth-order valence-corrected chi connectivity index (χ4v) is 3.81. The van der Waals surface area contributed by atoms with Crippen LogP contribution in [0, 0.1) is 0 Å². The minimum Gasteiger partial charge on any atom is -0.497 e. The fraction of sp³-hybridized carbons (Fsp3) is 0.176. The van der Waals surface area contributed by atoms with Crippen molar-refractivity contribution < 1.29 is 14.3 Å². The average Bonchev–Trinajstić information content (AvgIpc) is 3.03. The SMILES string of the molecule is COc1ccc(OC)c(C(=O)Nc2nc3c(SC)cccc3s2)c1. The van der Waals surface area contributed by atoms with Crippen molar-refractivity contribution >= 4 is 44.4 Å². The van der Waals surface area contributed by atoms with E-state index in [1.807, 2.05) is 24.5 Å². The molecule has 0 saturated carbocycles. The number of methoxy groups -OCH3 is 2. The van der Waals surface area contributed by atoms with Crippen molar-refractivity contribution in [2.24, 2.45) is 0 Å². The van der Waals surface area contributed by atoms with E-state index in [1.165, 1.54) is 18.4 Å². The Hall–Kier alpha value is -2.25. The zero-order valence-electron chi connectivity index (χ0n) is 13.5. The molecule has 0 bridgehead atoms. The number of rotatable bonds is 5. The second kappa shape index (κ2) is 7.11. The normalized spacial score (nSPS) is 10.6. The van der Waals surface area contributed by atoms with Crippen molar-refractivity contribution in [3.8, 4) is 11.5 Å². The number of carbonyl (C=O) groups is 1. The van der Waals surface area contributed by atoms with Crippen LogP contribution in [-0.2, 0) is 0 Å². The molecule has 2 aromatic carbocycles. The van der Waals surface area contributed by atoms with Gasteiger partial charge >= 0.3 is 0 Å². The summed E-state index contributed by atoms with van der Waals surface area (Å²) in [5.41, 5.74) is 1.31. The van der Waals surface area contributed by atoms with Crippen LogP contribution < -0.4 is 14.8 Å². The quantitative estimate of drug-likeness (QED) is 0.688.